The lowest BCUT2D eigenvalue weighted by Crippen LogP contribution is -2.27. The molecule has 7 heteroatoms. The van der Waals surface area contributed by atoms with Gasteiger partial charge in [0.1, 0.15) is 18.2 Å². The van der Waals surface area contributed by atoms with Crippen LogP contribution in [0.3, 0.4) is 0 Å². The quantitative estimate of drug-likeness (QED) is 0.449. The molecule has 0 saturated heterocycles. The van der Waals surface area contributed by atoms with Gasteiger partial charge in [0.2, 0.25) is 0 Å². The van der Waals surface area contributed by atoms with Crippen molar-refractivity contribution in [2.24, 2.45) is 5.73 Å². The second kappa shape index (κ2) is 6.83. The van der Waals surface area contributed by atoms with Crippen molar-refractivity contribution in [2.75, 3.05) is 0 Å². The molecule has 0 amide bonds. The summed E-state index contributed by atoms with van der Waals surface area (Å²) in [5.41, 5.74) is 8.86. The van der Waals surface area contributed by atoms with Gasteiger partial charge in [0.15, 0.2) is 0 Å². The second-order valence-electron chi connectivity index (χ2n) is 4.92. The molecular weight excluding hydrogens is 302 g/mol. The standard InChI is InChI=1S/C15H15BN2O3.ClH/c17-15(18)11-3-1-10(2-4-11)8-20-13-5-6-14-12(7-13)9-21-16(14)19;/h1-7,19H,8-9H2,(H3,17,18);1H. The molecule has 2 aromatic rings. The molecule has 0 aliphatic carbocycles. The van der Waals surface area contributed by atoms with Crippen molar-refractivity contribution in [3.63, 3.8) is 0 Å². The van der Waals surface area contributed by atoms with Crippen molar-refractivity contribution in [2.45, 2.75) is 13.2 Å². The number of fused-ring (bicyclic) bond motifs is 1. The van der Waals surface area contributed by atoms with Crippen molar-refractivity contribution in [3.05, 3.63) is 59.2 Å². The minimum Gasteiger partial charge on any atom is -0.489 e. The van der Waals surface area contributed by atoms with Crippen molar-refractivity contribution >= 4 is 30.8 Å². The normalized spacial score (nSPS) is 12.5. The van der Waals surface area contributed by atoms with Gasteiger partial charge in [0.25, 0.3) is 0 Å². The molecule has 1 aliphatic heterocycles. The zero-order chi connectivity index (χ0) is 14.8. The van der Waals surface area contributed by atoms with Gasteiger partial charge >= 0.3 is 7.12 Å². The van der Waals surface area contributed by atoms with Crippen molar-refractivity contribution in [3.8, 4) is 5.75 Å². The summed E-state index contributed by atoms with van der Waals surface area (Å²) in [4.78, 5) is 0. The van der Waals surface area contributed by atoms with Gasteiger partial charge in [-0.3, -0.25) is 5.41 Å². The van der Waals surface area contributed by atoms with Crippen LogP contribution in [0.1, 0.15) is 16.7 Å². The molecule has 0 bridgehead atoms. The lowest BCUT2D eigenvalue weighted by atomic mass is 9.80. The van der Waals surface area contributed by atoms with E-state index in [1.165, 1.54) is 0 Å². The van der Waals surface area contributed by atoms with E-state index in [9.17, 15) is 5.02 Å². The average molecular weight is 319 g/mol. The van der Waals surface area contributed by atoms with Crippen LogP contribution >= 0.6 is 12.4 Å². The highest BCUT2D eigenvalue weighted by molar-refractivity contribution is 6.61. The Labute approximate surface area is 135 Å². The van der Waals surface area contributed by atoms with Crippen LogP contribution in [-0.2, 0) is 17.9 Å². The molecule has 0 atom stereocenters. The van der Waals surface area contributed by atoms with Crippen molar-refractivity contribution < 1.29 is 14.4 Å². The molecule has 2 aromatic carbocycles. The van der Waals surface area contributed by atoms with Gasteiger partial charge in [-0.25, -0.2) is 0 Å². The van der Waals surface area contributed by atoms with Gasteiger partial charge < -0.3 is 20.1 Å². The summed E-state index contributed by atoms with van der Waals surface area (Å²) >= 11 is 0. The molecule has 5 nitrogen and oxygen atoms in total. The molecule has 0 spiro atoms. The van der Waals surface area contributed by atoms with Gasteiger partial charge in [-0.15, -0.1) is 12.4 Å². The van der Waals surface area contributed by atoms with Crippen LogP contribution in [-0.4, -0.2) is 18.0 Å². The molecule has 3 rings (SSSR count). The molecule has 0 fully saturated rings. The average Bonchev–Trinajstić information content (AvgIpc) is 2.86. The van der Waals surface area contributed by atoms with E-state index in [0.717, 1.165) is 22.3 Å². The summed E-state index contributed by atoms with van der Waals surface area (Å²) in [6.07, 6.45) is 0. The van der Waals surface area contributed by atoms with E-state index in [1.54, 1.807) is 12.1 Å². The fourth-order valence-corrected chi connectivity index (χ4v) is 2.24. The molecule has 0 saturated carbocycles. The van der Waals surface area contributed by atoms with Gasteiger partial charge in [-0.1, -0.05) is 30.3 Å². The Bertz CT molecular complexity index is 679. The number of benzene rings is 2. The molecule has 4 N–H and O–H groups in total. The third-order valence-corrected chi connectivity index (χ3v) is 3.45. The van der Waals surface area contributed by atoms with Crippen LogP contribution in [0.5, 0.6) is 5.75 Å². The second-order valence-corrected chi connectivity index (χ2v) is 4.92. The van der Waals surface area contributed by atoms with E-state index >= 15 is 0 Å². The van der Waals surface area contributed by atoms with Crippen LogP contribution in [0.2, 0.25) is 0 Å². The maximum absolute atomic E-state index is 9.56. The topological polar surface area (TPSA) is 88.6 Å². The van der Waals surface area contributed by atoms with Crippen LogP contribution in [0.15, 0.2) is 42.5 Å². The van der Waals surface area contributed by atoms with Crippen molar-refractivity contribution in [1.82, 2.24) is 0 Å². The smallest absolute Gasteiger partial charge is 0.489 e. The Morgan fingerprint density at radius 2 is 2.00 bits per heavy atom. The lowest BCUT2D eigenvalue weighted by Gasteiger charge is -2.08. The molecule has 1 aliphatic rings. The molecule has 114 valence electrons. The Balaban J connectivity index is 0.00000176. The van der Waals surface area contributed by atoms with Crippen LogP contribution in [0.4, 0.5) is 0 Å². The Morgan fingerprint density at radius 1 is 1.27 bits per heavy atom. The monoisotopic (exact) mass is 318 g/mol. The van der Waals surface area contributed by atoms with E-state index in [0.29, 0.717) is 18.8 Å². The number of nitrogen functional groups attached to an aromatic ring is 1. The summed E-state index contributed by atoms with van der Waals surface area (Å²) < 4.78 is 10.9. The SMILES string of the molecule is Cl.N=C(N)c1ccc(COc2ccc3c(c2)COB3O)cc1. The van der Waals surface area contributed by atoms with Gasteiger partial charge in [-0.05, 0) is 28.7 Å². The summed E-state index contributed by atoms with van der Waals surface area (Å²) in [7, 11) is -0.826. The first-order valence-corrected chi connectivity index (χ1v) is 6.62. The van der Waals surface area contributed by atoms with Gasteiger partial charge in [0.05, 0.1) is 6.61 Å². The molecule has 1 heterocycles. The van der Waals surface area contributed by atoms with E-state index in [1.807, 2.05) is 30.3 Å². The number of rotatable bonds is 4. The summed E-state index contributed by atoms with van der Waals surface area (Å²) in [5, 5.41) is 16.9. The van der Waals surface area contributed by atoms with E-state index in [2.05, 4.69) is 0 Å². The summed E-state index contributed by atoms with van der Waals surface area (Å²) in [6.45, 7) is 0.835. The van der Waals surface area contributed by atoms with E-state index in [-0.39, 0.29) is 18.2 Å². The maximum atomic E-state index is 9.56. The number of hydrogen-bond acceptors (Lipinski definition) is 4. The zero-order valence-electron chi connectivity index (χ0n) is 11.8. The van der Waals surface area contributed by atoms with Gasteiger partial charge in [-0.2, -0.15) is 0 Å². The number of amidine groups is 1. The summed E-state index contributed by atoms with van der Waals surface area (Å²) in [5.74, 6) is 0.793. The molecule has 22 heavy (non-hydrogen) atoms. The minimum absolute atomic E-state index is 0. The molecular formula is C15H16BClN2O3. The number of nitrogens with two attached hydrogens (primary N) is 1. The van der Waals surface area contributed by atoms with E-state index < -0.39 is 7.12 Å². The highest BCUT2D eigenvalue weighted by Crippen LogP contribution is 2.18. The Kier molecular flexibility index (Phi) is 5.08. The number of nitrogens with one attached hydrogen (secondary N) is 1. The molecule has 0 aromatic heterocycles. The predicted octanol–water partition coefficient (Wildman–Crippen LogP) is 1.19. The number of ether oxygens (including phenoxy) is 1. The zero-order valence-corrected chi connectivity index (χ0v) is 12.6. The highest BCUT2D eigenvalue weighted by Gasteiger charge is 2.27. The van der Waals surface area contributed by atoms with Crippen LogP contribution in [0.25, 0.3) is 0 Å². The first-order valence-electron chi connectivity index (χ1n) is 6.62. The maximum Gasteiger partial charge on any atom is 0.491 e. The highest BCUT2D eigenvalue weighted by atomic mass is 35.5. The minimum atomic E-state index is -0.826. The first-order chi connectivity index (χ1) is 10.1. The fraction of sp³-hybridized carbons (Fsp3) is 0.133. The van der Waals surface area contributed by atoms with Gasteiger partial charge in [0, 0.05) is 5.56 Å². The molecule has 0 radical (unpaired) electrons. The molecule has 0 unspecified atom stereocenters. The first kappa shape index (κ1) is 16.4. The largest absolute Gasteiger partial charge is 0.491 e. The third kappa shape index (κ3) is 3.41. The van der Waals surface area contributed by atoms with Crippen molar-refractivity contribution in [1.29, 1.82) is 5.41 Å². The van der Waals surface area contributed by atoms with Crippen LogP contribution < -0.4 is 15.9 Å². The number of hydrogen-bond donors (Lipinski definition) is 3. The van der Waals surface area contributed by atoms with Crippen LogP contribution in [0, 0.1) is 5.41 Å². The lowest BCUT2D eigenvalue weighted by molar-refractivity contribution is 0.274. The Morgan fingerprint density at radius 3 is 2.68 bits per heavy atom. The summed E-state index contributed by atoms with van der Waals surface area (Å²) in [6, 6.07) is 12.9. The Hall–Kier alpha value is -2.02. The third-order valence-electron chi connectivity index (χ3n) is 3.45. The fourth-order valence-electron chi connectivity index (χ4n) is 2.24. The van der Waals surface area contributed by atoms with E-state index in [4.69, 9.17) is 20.5 Å². The number of halogens is 1. The predicted molar refractivity (Wildman–Crippen MR) is 87.9 cm³/mol.